The number of para-hydroxylation sites is 1. The summed E-state index contributed by atoms with van der Waals surface area (Å²) >= 11 is 7.55. The quantitative estimate of drug-likeness (QED) is 0.472. The molecule has 31 heavy (non-hydrogen) atoms. The van der Waals surface area contributed by atoms with Crippen molar-refractivity contribution in [2.24, 2.45) is 0 Å². The van der Waals surface area contributed by atoms with Crippen LogP contribution in [0.25, 0.3) is 0 Å². The topological polar surface area (TPSA) is 72.3 Å². The van der Waals surface area contributed by atoms with Gasteiger partial charge in [0.15, 0.2) is 11.0 Å². The molecule has 0 bridgehead atoms. The fourth-order valence-corrected chi connectivity index (χ4v) is 4.09. The molecule has 1 amide bonds. The van der Waals surface area contributed by atoms with Gasteiger partial charge in [0.05, 0.1) is 10.8 Å². The van der Waals surface area contributed by atoms with Gasteiger partial charge in [-0.25, -0.2) is 0 Å². The maximum absolute atomic E-state index is 12.4. The predicted octanol–water partition coefficient (Wildman–Crippen LogP) is 4.64. The number of aromatic nitrogens is 3. The molecule has 1 N–H and O–H groups in total. The Labute approximate surface area is 190 Å². The van der Waals surface area contributed by atoms with Gasteiger partial charge in [-0.05, 0) is 49.2 Å². The van der Waals surface area contributed by atoms with Crippen LogP contribution in [0, 0.1) is 0 Å². The van der Waals surface area contributed by atoms with Crippen LogP contribution < -0.4 is 15.0 Å². The van der Waals surface area contributed by atoms with E-state index in [-0.39, 0.29) is 18.3 Å². The van der Waals surface area contributed by atoms with Crippen molar-refractivity contribution in [3.05, 3.63) is 59.4 Å². The van der Waals surface area contributed by atoms with Crippen LogP contribution in [0.15, 0.2) is 53.7 Å². The van der Waals surface area contributed by atoms with Gasteiger partial charge >= 0.3 is 0 Å². The van der Waals surface area contributed by atoms with Crippen molar-refractivity contribution in [3.63, 3.8) is 0 Å². The summed E-state index contributed by atoms with van der Waals surface area (Å²) in [6.45, 7) is 0.276. The van der Waals surface area contributed by atoms with E-state index in [0.29, 0.717) is 16.8 Å². The van der Waals surface area contributed by atoms with E-state index in [0.717, 1.165) is 35.2 Å². The molecule has 0 unspecified atom stereocenters. The van der Waals surface area contributed by atoms with Crippen LogP contribution in [0.1, 0.15) is 24.7 Å². The lowest BCUT2D eigenvalue weighted by Crippen LogP contribution is -2.15. The summed E-state index contributed by atoms with van der Waals surface area (Å²) in [5.41, 5.74) is 1.85. The van der Waals surface area contributed by atoms with Crippen molar-refractivity contribution in [1.29, 1.82) is 0 Å². The first-order chi connectivity index (χ1) is 15.0. The number of halogens is 1. The van der Waals surface area contributed by atoms with Gasteiger partial charge in [0, 0.05) is 31.5 Å². The van der Waals surface area contributed by atoms with Crippen LogP contribution in [-0.4, -0.2) is 40.5 Å². The first-order valence-corrected chi connectivity index (χ1v) is 11.4. The van der Waals surface area contributed by atoms with Crippen molar-refractivity contribution in [1.82, 2.24) is 14.8 Å². The number of nitrogens with zero attached hydrogens (tertiary/aromatic N) is 4. The first-order valence-electron chi connectivity index (χ1n) is 10.0. The van der Waals surface area contributed by atoms with E-state index < -0.39 is 0 Å². The Balaban J connectivity index is 1.36. The molecule has 1 aliphatic rings. The lowest BCUT2D eigenvalue weighted by atomic mass is 10.2. The third-order valence-electron chi connectivity index (χ3n) is 4.84. The van der Waals surface area contributed by atoms with Crippen LogP contribution in [0.4, 0.5) is 11.4 Å². The van der Waals surface area contributed by atoms with Crippen LogP contribution in [0.5, 0.6) is 5.75 Å². The van der Waals surface area contributed by atoms with E-state index in [9.17, 15) is 4.79 Å². The smallest absolute Gasteiger partial charge is 0.234 e. The van der Waals surface area contributed by atoms with Crippen molar-refractivity contribution >= 4 is 40.6 Å². The van der Waals surface area contributed by atoms with Gasteiger partial charge in [0.1, 0.15) is 12.4 Å². The van der Waals surface area contributed by atoms with Gasteiger partial charge in [-0.3, -0.25) is 9.36 Å². The molecule has 0 aliphatic heterocycles. The molecule has 1 aliphatic carbocycles. The second-order valence-corrected chi connectivity index (χ2v) is 8.85. The number of carbonyl (C=O) groups is 1. The number of thioether (sulfide) groups is 1. The third-order valence-corrected chi connectivity index (χ3v) is 6.10. The number of nitrogens with one attached hydrogen (secondary N) is 1. The number of hydrogen-bond acceptors (Lipinski definition) is 6. The Morgan fingerprint density at radius 1 is 1.19 bits per heavy atom. The number of carbonyl (C=O) groups excluding carboxylic acids is 1. The summed E-state index contributed by atoms with van der Waals surface area (Å²) in [6.07, 6.45) is 2.16. The van der Waals surface area contributed by atoms with Crippen molar-refractivity contribution in [3.8, 4) is 5.75 Å². The molecular formula is C22H24ClN5O2S. The fraction of sp³-hybridized carbons (Fsp3) is 0.318. The minimum atomic E-state index is -0.0817. The summed E-state index contributed by atoms with van der Waals surface area (Å²) in [5.74, 6) is 1.53. The van der Waals surface area contributed by atoms with Gasteiger partial charge in [-0.2, -0.15) is 0 Å². The van der Waals surface area contributed by atoms with Gasteiger partial charge in [-0.1, -0.05) is 35.5 Å². The van der Waals surface area contributed by atoms with E-state index >= 15 is 0 Å². The second kappa shape index (κ2) is 9.62. The molecular weight excluding hydrogens is 434 g/mol. The largest absolute Gasteiger partial charge is 0.484 e. The van der Waals surface area contributed by atoms with Crippen LogP contribution in [0.2, 0.25) is 5.02 Å². The Kier molecular flexibility index (Phi) is 6.67. The minimum Gasteiger partial charge on any atom is -0.484 e. The Morgan fingerprint density at radius 3 is 2.61 bits per heavy atom. The number of amides is 1. The maximum atomic E-state index is 12.4. The number of ether oxygens (including phenoxy) is 1. The van der Waals surface area contributed by atoms with Crippen molar-refractivity contribution in [2.45, 2.75) is 30.6 Å². The fourth-order valence-electron chi connectivity index (χ4n) is 3.08. The molecule has 0 spiro atoms. The molecule has 7 nitrogen and oxygen atoms in total. The monoisotopic (exact) mass is 457 g/mol. The summed E-state index contributed by atoms with van der Waals surface area (Å²) in [6, 6.07) is 15.4. The first kappa shape index (κ1) is 21.5. The Hall–Kier alpha value is -2.71. The van der Waals surface area contributed by atoms with E-state index in [1.165, 1.54) is 11.8 Å². The number of rotatable bonds is 9. The predicted molar refractivity (Wildman–Crippen MR) is 124 cm³/mol. The van der Waals surface area contributed by atoms with Crippen LogP contribution in [0.3, 0.4) is 0 Å². The number of anilines is 2. The normalized spacial score (nSPS) is 13.1. The molecule has 3 aromatic rings. The SMILES string of the molecule is CN(C)c1ccc(NC(=O)CSc2nnc(COc3ccccc3Cl)n2C2CC2)cc1. The number of hydrogen-bond donors (Lipinski definition) is 1. The Bertz CT molecular complexity index is 1050. The molecule has 1 aromatic heterocycles. The average Bonchev–Trinajstić information content (AvgIpc) is 3.52. The van der Waals surface area contributed by atoms with Crippen molar-refractivity contribution < 1.29 is 9.53 Å². The zero-order valence-corrected chi connectivity index (χ0v) is 19.0. The molecule has 2 aromatic carbocycles. The highest BCUT2D eigenvalue weighted by Crippen LogP contribution is 2.39. The highest BCUT2D eigenvalue weighted by atomic mass is 35.5. The summed E-state index contributed by atoms with van der Waals surface area (Å²) in [5, 5.41) is 12.8. The molecule has 0 radical (unpaired) electrons. The van der Waals surface area contributed by atoms with Gasteiger partial charge in [0.2, 0.25) is 5.91 Å². The van der Waals surface area contributed by atoms with Crippen LogP contribution >= 0.6 is 23.4 Å². The van der Waals surface area contributed by atoms with E-state index in [4.69, 9.17) is 16.3 Å². The maximum Gasteiger partial charge on any atom is 0.234 e. The van der Waals surface area contributed by atoms with Crippen molar-refractivity contribution in [2.75, 3.05) is 30.1 Å². The average molecular weight is 458 g/mol. The molecule has 9 heteroatoms. The lowest BCUT2D eigenvalue weighted by Gasteiger charge is -2.13. The zero-order valence-electron chi connectivity index (χ0n) is 17.4. The molecule has 0 atom stereocenters. The van der Waals surface area contributed by atoms with E-state index in [2.05, 4.69) is 20.1 Å². The van der Waals surface area contributed by atoms with Crippen LogP contribution in [-0.2, 0) is 11.4 Å². The summed E-state index contributed by atoms with van der Waals surface area (Å²) in [7, 11) is 3.96. The molecule has 0 saturated heterocycles. The van der Waals surface area contributed by atoms with Gasteiger partial charge in [-0.15, -0.1) is 10.2 Å². The second-order valence-electron chi connectivity index (χ2n) is 7.50. The zero-order chi connectivity index (χ0) is 21.8. The third kappa shape index (κ3) is 5.51. The Morgan fingerprint density at radius 2 is 1.94 bits per heavy atom. The molecule has 1 heterocycles. The number of benzene rings is 2. The van der Waals surface area contributed by atoms with Gasteiger partial charge in [0.25, 0.3) is 0 Å². The standard InChI is InChI=1S/C22H24ClN5O2S/c1-27(2)16-9-7-15(8-10-16)24-21(29)14-31-22-26-25-20(28(22)17-11-12-17)13-30-19-6-4-3-5-18(19)23/h3-10,17H,11-14H2,1-2H3,(H,24,29). The highest BCUT2D eigenvalue weighted by molar-refractivity contribution is 7.99. The molecule has 4 rings (SSSR count). The summed E-state index contributed by atoms with van der Waals surface area (Å²) in [4.78, 5) is 14.4. The van der Waals surface area contributed by atoms with E-state index in [1.54, 1.807) is 6.07 Å². The summed E-state index contributed by atoms with van der Waals surface area (Å²) < 4.78 is 7.92. The molecule has 162 valence electrons. The lowest BCUT2D eigenvalue weighted by molar-refractivity contribution is -0.113. The molecule has 1 saturated carbocycles. The van der Waals surface area contributed by atoms with Gasteiger partial charge < -0.3 is 15.0 Å². The highest BCUT2D eigenvalue weighted by Gasteiger charge is 2.30. The van der Waals surface area contributed by atoms with E-state index in [1.807, 2.05) is 61.5 Å². The minimum absolute atomic E-state index is 0.0817. The molecule has 1 fully saturated rings.